The first-order valence-electron chi connectivity index (χ1n) is 7.37. The molecule has 0 spiro atoms. The lowest BCUT2D eigenvalue weighted by Crippen LogP contribution is -2.31. The number of amides is 1. The highest BCUT2D eigenvalue weighted by molar-refractivity contribution is 7.10. The van der Waals surface area contributed by atoms with E-state index in [0.29, 0.717) is 0 Å². The van der Waals surface area contributed by atoms with Gasteiger partial charge in [0.05, 0.1) is 6.04 Å². The van der Waals surface area contributed by atoms with Crippen LogP contribution in [0.4, 0.5) is 0 Å². The van der Waals surface area contributed by atoms with Gasteiger partial charge in [0.25, 0.3) is 0 Å². The molecule has 19 heavy (non-hydrogen) atoms. The van der Waals surface area contributed by atoms with E-state index < -0.39 is 0 Å². The van der Waals surface area contributed by atoms with E-state index in [9.17, 15) is 4.79 Å². The second kappa shape index (κ2) is 7.06. The molecule has 1 amide bonds. The summed E-state index contributed by atoms with van der Waals surface area (Å²) in [7, 11) is 0. The van der Waals surface area contributed by atoms with Crippen molar-refractivity contribution in [3.05, 3.63) is 22.4 Å². The lowest BCUT2D eigenvalue weighted by Gasteiger charge is -2.23. The van der Waals surface area contributed by atoms with Crippen LogP contribution in [0.1, 0.15) is 57.0 Å². The number of hydrogen-bond donors (Lipinski definition) is 1. The van der Waals surface area contributed by atoms with Gasteiger partial charge in [0.2, 0.25) is 5.91 Å². The molecule has 0 saturated carbocycles. The zero-order valence-electron chi connectivity index (χ0n) is 11.9. The minimum Gasteiger partial charge on any atom is -0.321 e. The van der Waals surface area contributed by atoms with Crippen molar-refractivity contribution in [1.82, 2.24) is 10.2 Å². The van der Waals surface area contributed by atoms with Gasteiger partial charge in [0, 0.05) is 11.4 Å². The Morgan fingerprint density at radius 2 is 2.16 bits per heavy atom. The van der Waals surface area contributed by atoms with Crippen LogP contribution in [-0.4, -0.2) is 23.4 Å². The van der Waals surface area contributed by atoms with Crippen LogP contribution >= 0.6 is 11.3 Å². The topological polar surface area (TPSA) is 32.3 Å². The Bertz CT molecular complexity index is 391. The van der Waals surface area contributed by atoms with Gasteiger partial charge in [-0.15, -0.1) is 11.3 Å². The number of carbonyl (C=O) groups excluding carboxylic acids is 1. The maximum absolute atomic E-state index is 12.4. The van der Waals surface area contributed by atoms with Crippen molar-refractivity contribution < 1.29 is 4.79 Å². The monoisotopic (exact) mass is 280 g/mol. The van der Waals surface area contributed by atoms with E-state index in [1.807, 2.05) is 4.90 Å². The van der Waals surface area contributed by atoms with Gasteiger partial charge in [-0.1, -0.05) is 39.2 Å². The first-order valence-corrected chi connectivity index (χ1v) is 8.25. The molecule has 4 heteroatoms. The average molecular weight is 280 g/mol. The minimum atomic E-state index is -0.00160. The van der Waals surface area contributed by atoms with Gasteiger partial charge in [0.1, 0.15) is 6.17 Å². The molecule has 2 unspecified atom stereocenters. The van der Waals surface area contributed by atoms with E-state index >= 15 is 0 Å². The molecule has 1 aromatic rings. The molecule has 1 aliphatic heterocycles. The molecule has 0 radical (unpaired) electrons. The van der Waals surface area contributed by atoms with Crippen LogP contribution in [0, 0.1) is 0 Å². The van der Waals surface area contributed by atoms with Crippen LogP contribution in [0.5, 0.6) is 0 Å². The van der Waals surface area contributed by atoms with Gasteiger partial charge in [-0.25, -0.2) is 0 Å². The van der Waals surface area contributed by atoms with Crippen LogP contribution in [0.2, 0.25) is 0 Å². The van der Waals surface area contributed by atoms with Crippen molar-refractivity contribution in [2.24, 2.45) is 0 Å². The molecular weight excluding hydrogens is 256 g/mol. The second-order valence-corrected chi connectivity index (χ2v) is 6.12. The van der Waals surface area contributed by atoms with Gasteiger partial charge < -0.3 is 4.90 Å². The minimum absolute atomic E-state index is 0.00160. The first-order chi connectivity index (χ1) is 9.27. The summed E-state index contributed by atoms with van der Waals surface area (Å²) in [6.07, 6.45) is 5.79. The Kier molecular flexibility index (Phi) is 5.40. The number of rotatable bonds is 7. The highest BCUT2D eigenvalue weighted by atomic mass is 32.1. The van der Waals surface area contributed by atoms with Crippen molar-refractivity contribution in [2.75, 3.05) is 6.54 Å². The van der Waals surface area contributed by atoms with Gasteiger partial charge >= 0.3 is 0 Å². The van der Waals surface area contributed by atoms with E-state index in [1.54, 1.807) is 11.3 Å². The maximum Gasteiger partial charge on any atom is 0.241 e. The van der Waals surface area contributed by atoms with Gasteiger partial charge in [-0.05, 0) is 24.3 Å². The van der Waals surface area contributed by atoms with Crippen molar-refractivity contribution in [1.29, 1.82) is 0 Å². The van der Waals surface area contributed by atoms with Gasteiger partial charge in [-0.2, -0.15) is 0 Å². The molecule has 106 valence electrons. The third-order valence-electron chi connectivity index (χ3n) is 3.73. The third kappa shape index (κ3) is 3.37. The zero-order chi connectivity index (χ0) is 13.7. The van der Waals surface area contributed by atoms with E-state index in [0.717, 1.165) is 19.4 Å². The van der Waals surface area contributed by atoms with Crippen LogP contribution in [0.25, 0.3) is 0 Å². The van der Waals surface area contributed by atoms with Crippen LogP contribution in [-0.2, 0) is 4.79 Å². The average Bonchev–Trinajstić information content (AvgIpc) is 3.03. The summed E-state index contributed by atoms with van der Waals surface area (Å²) in [5.41, 5.74) is 0. The first kappa shape index (κ1) is 14.5. The Balaban J connectivity index is 2.00. The molecule has 1 saturated heterocycles. The molecule has 0 aliphatic carbocycles. The molecule has 1 N–H and O–H groups in total. The maximum atomic E-state index is 12.4. The van der Waals surface area contributed by atoms with E-state index in [4.69, 9.17) is 0 Å². The van der Waals surface area contributed by atoms with Crippen molar-refractivity contribution in [2.45, 2.75) is 58.2 Å². The standard InChI is InChI=1S/C15H24N2OS/c1-3-5-6-7-10-17-14(13-9-8-11-19-13)16-12(4-2)15(17)18/h8-9,11-12,14,16H,3-7,10H2,1-2H3. The van der Waals surface area contributed by atoms with Crippen LogP contribution < -0.4 is 5.32 Å². The summed E-state index contributed by atoms with van der Waals surface area (Å²) >= 11 is 1.73. The van der Waals surface area contributed by atoms with Crippen molar-refractivity contribution in [3.63, 3.8) is 0 Å². The largest absolute Gasteiger partial charge is 0.321 e. The molecule has 0 aromatic carbocycles. The van der Waals surface area contributed by atoms with Crippen LogP contribution in [0.3, 0.4) is 0 Å². The molecule has 1 fully saturated rings. The van der Waals surface area contributed by atoms with Crippen molar-refractivity contribution in [3.8, 4) is 0 Å². The smallest absolute Gasteiger partial charge is 0.241 e. The zero-order valence-corrected chi connectivity index (χ0v) is 12.7. The molecule has 2 heterocycles. The van der Waals surface area contributed by atoms with Gasteiger partial charge in [-0.3, -0.25) is 10.1 Å². The molecule has 1 aliphatic rings. The molecule has 2 atom stereocenters. The Hall–Kier alpha value is -0.870. The molecular formula is C15H24N2OS. The molecule has 1 aromatic heterocycles. The number of thiophene rings is 1. The Morgan fingerprint density at radius 1 is 1.32 bits per heavy atom. The molecule has 0 bridgehead atoms. The van der Waals surface area contributed by atoms with E-state index in [2.05, 4.69) is 36.7 Å². The lowest BCUT2D eigenvalue weighted by molar-refractivity contribution is -0.130. The quantitative estimate of drug-likeness (QED) is 0.775. The number of nitrogens with one attached hydrogen (secondary N) is 1. The Morgan fingerprint density at radius 3 is 2.79 bits per heavy atom. The highest BCUT2D eigenvalue weighted by Crippen LogP contribution is 2.29. The number of hydrogen-bond acceptors (Lipinski definition) is 3. The molecule has 2 rings (SSSR count). The highest BCUT2D eigenvalue weighted by Gasteiger charge is 2.38. The second-order valence-electron chi connectivity index (χ2n) is 5.14. The normalized spacial score (nSPS) is 23.3. The summed E-state index contributed by atoms with van der Waals surface area (Å²) in [4.78, 5) is 15.7. The van der Waals surface area contributed by atoms with Crippen LogP contribution in [0.15, 0.2) is 17.5 Å². The number of nitrogens with zero attached hydrogens (tertiary/aromatic N) is 1. The molecule has 3 nitrogen and oxygen atoms in total. The fourth-order valence-electron chi connectivity index (χ4n) is 2.60. The number of unbranched alkanes of at least 4 members (excludes halogenated alkanes) is 3. The van der Waals surface area contributed by atoms with Crippen molar-refractivity contribution >= 4 is 17.2 Å². The van der Waals surface area contributed by atoms with Gasteiger partial charge in [0.15, 0.2) is 0 Å². The summed E-state index contributed by atoms with van der Waals surface area (Å²) in [6, 6.07) is 4.17. The predicted molar refractivity (Wildman–Crippen MR) is 80.1 cm³/mol. The summed E-state index contributed by atoms with van der Waals surface area (Å²) < 4.78 is 0. The third-order valence-corrected chi connectivity index (χ3v) is 4.65. The van der Waals surface area contributed by atoms with E-state index in [-0.39, 0.29) is 18.1 Å². The predicted octanol–water partition coefficient (Wildman–Crippen LogP) is 3.54. The fraction of sp³-hybridized carbons (Fsp3) is 0.667. The SMILES string of the molecule is CCCCCCN1C(=O)C(CC)NC1c1cccs1. The number of carbonyl (C=O) groups is 1. The lowest BCUT2D eigenvalue weighted by atomic mass is 10.2. The summed E-state index contributed by atoms with van der Waals surface area (Å²) in [5, 5.41) is 5.55. The summed E-state index contributed by atoms with van der Waals surface area (Å²) in [5.74, 6) is 0.275. The summed E-state index contributed by atoms with van der Waals surface area (Å²) in [6.45, 7) is 5.16. The Labute approximate surface area is 120 Å². The fourth-order valence-corrected chi connectivity index (χ4v) is 3.40. The van der Waals surface area contributed by atoms with E-state index in [1.165, 1.54) is 24.1 Å².